The van der Waals surface area contributed by atoms with Crippen LogP contribution in [0.4, 0.5) is 14.5 Å². The molecule has 0 aliphatic carbocycles. The van der Waals surface area contributed by atoms with Crippen molar-refractivity contribution in [3.63, 3.8) is 0 Å². The molecule has 0 spiro atoms. The SMILES string of the molecule is NC(=O)C1CCCN(Cc2ccc(NC(=O)c3ccccc3OC(F)F)cc2)C1. The van der Waals surface area contributed by atoms with Crippen molar-refractivity contribution >= 4 is 17.5 Å². The Morgan fingerprint density at radius 2 is 1.90 bits per heavy atom. The maximum Gasteiger partial charge on any atom is 0.387 e. The summed E-state index contributed by atoms with van der Waals surface area (Å²) < 4.78 is 29.4. The van der Waals surface area contributed by atoms with Crippen LogP contribution in [0.1, 0.15) is 28.8 Å². The Bertz CT molecular complexity index is 859. The lowest BCUT2D eigenvalue weighted by Gasteiger charge is -2.31. The number of nitrogens with two attached hydrogens (primary N) is 1. The second-order valence-electron chi connectivity index (χ2n) is 7.00. The van der Waals surface area contributed by atoms with Gasteiger partial charge in [0, 0.05) is 18.8 Å². The Morgan fingerprint density at radius 3 is 2.59 bits per heavy atom. The minimum absolute atomic E-state index is 0.0303. The van der Waals surface area contributed by atoms with E-state index in [4.69, 9.17) is 5.73 Å². The molecule has 1 unspecified atom stereocenters. The first-order valence-corrected chi connectivity index (χ1v) is 9.38. The Hall–Kier alpha value is -3.00. The van der Waals surface area contributed by atoms with Crippen LogP contribution < -0.4 is 15.8 Å². The van der Waals surface area contributed by atoms with Gasteiger partial charge in [-0.25, -0.2) is 0 Å². The average molecular weight is 403 g/mol. The van der Waals surface area contributed by atoms with Crippen LogP contribution in [0.5, 0.6) is 5.75 Å². The number of halogens is 2. The van der Waals surface area contributed by atoms with Crippen LogP contribution in [0.3, 0.4) is 0 Å². The van der Waals surface area contributed by atoms with Crippen LogP contribution in [0, 0.1) is 5.92 Å². The highest BCUT2D eigenvalue weighted by Crippen LogP contribution is 2.23. The molecule has 0 radical (unpaired) electrons. The molecule has 0 saturated carbocycles. The fraction of sp³-hybridized carbons (Fsp3) is 0.333. The van der Waals surface area contributed by atoms with Crippen molar-refractivity contribution in [1.29, 1.82) is 0 Å². The van der Waals surface area contributed by atoms with Crippen molar-refractivity contribution < 1.29 is 23.1 Å². The largest absolute Gasteiger partial charge is 0.434 e. The van der Waals surface area contributed by atoms with Gasteiger partial charge in [-0.05, 0) is 49.2 Å². The van der Waals surface area contributed by atoms with Crippen molar-refractivity contribution in [2.24, 2.45) is 11.7 Å². The molecule has 2 aromatic rings. The van der Waals surface area contributed by atoms with E-state index in [0.29, 0.717) is 18.8 Å². The number of primary amides is 1. The lowest BCUT2D eigenvalue weighted by Crippen LogP contribution is -2.40. The number of benzene rings is 2. The van der Waals surface area contributed by atoms with Crippen LogP contribution in [-0.2, 0) is 11.3 Å². The number of hydrogen-bond acceptors (Lipinski definition) is 4. The van der Waals surface area contributed by atoms with Gasteiger partial charge in [0.05, 0.1) is 11.5 Å². The van der Waals surface area contributed by atoms with Gasteiger partial charge in [0.15, 0.2) is 0 Å². The van der Waals surface area contributed by atoms with E-state index in [9.17, 15) is 18.4 Å². The number of likely N-dealkylation sites (tertiary alicyclic amines) is 1. The summed E-state index contributed by atoms with van der Waals surface area (Å²) in [6.07, 6.45) is 1.76. The van der Waals surface area contributed by atoms with Crippen molar-refractivity contribution in [3.05, 3.63) is 59.7 Å². The summed E-state index contributed by atoms with van der Waals surface area (Å²) in [6.45, 7) is -0.770. The fourth-order valence-corrected chi connectivity index (χ4v) is 3.43. The molecule has 1 saturated heterocycles. The van der Waals surface area contributed by atoms with Gasteiger partial charge in [0.1, 0.15) is 5.75 Å². The normalized spacial score (nSPS) is 17.1. The van der Waals surface area contributed by atoms with Gasteiger partial charge >= 0.3 is 6.61 Å². The van der Waals surface area contributed by atoms with E-state index in [1.807, 2.05) is 12.1 Å². The quantitative estimate of drug-likeness (QED) is 0.743. The third-order valence-corrected chi connectivity index (χ3v) is 4.87. The zero-order valence-electron chi connectivity index (χ0n) is 15.8. The summed E-state index contributed by atoms with van der Waals surface area (Å²) in [4.78, 5) is 26.0. The number of hydrogen-bond donors (Lipinski definition) is 2. The molecule has 0 bridgehead atoms. The topological polar surface area (TPSA) is 84.7 Å². The number of para-hydroxylation sites is 1. The molecular formula is C21H23F2N3O3. The van der Waals surface area contributed by atoms with Crippen LogP contribution in [0.15, 0.2) is 48.5 Å². The molecule has 3 rings (SSSR count). The maximum atomic E-state index is 12.5. The highest BCUT2D eigenvalue weighted by molar-refractivity contribution is 6.06. The van der Waals surface area contributed by atoms with E-state index < -0.39 is 12.5 Å². The number of nitrogens with one attached hydrogen (secondary N) is 1. The molecule has 6 nitrogen and oxygen atoms in total. The van der Waals surface area contributed by atoms with Gasteiger partial charge in [-0.15, -0.1) is 0 Å². The summed E-state index contributed by atoms with van der Waals surface area (Å²) in [6, 6.07) is 13.1. The molecule has 2 aromatic carbocycles. The van der Waals surface area contributed by atoms with Gasteiger partial charge in [0.25, 0.3) is 5.91 Å². The Kier molecular flexibility index (Phi) is 6.77. The van der Waals surface area contributed by atoms with E-state index >= 15 is 0 Å². The first-order valence-electron chi connectivity index (χ1n) is 9.38. The molecule has 2 amide bonds. The van der Waals surface area contributed by atoms with Gasteiger partial charge in [-0.2, -0.15) is 8.78 Å². The minimum atomic E-state index is -3.01. The molecule has 1 aliphatic heterocycles. The predicted molar refractivity (Wildman–Crippen MR) is 105 cm³/mol. The van der Waals surface area contributed by atoms with E-state index in [0.717, 1.165) is 24.9 Å². The second kappa shape index (κ2) is 9.47. The summed E-state index contributed by atoms with van der Waals surface area (Å²) in [5, 5.41) is 2.69. The summed E-state index contributed by atoms with van der Waals surface area (Å²) in [7, 11) is 0. The Morgan fingerprint density at radius 1 is 1.17 bits per heavy atom. The zero-order valence-corrected chi connectivity index (χ0v) is 15.8. The average Bonchev–Trinajstić information content (AvgIpc) is 2.69. The number of ether oxygens (including phenoxy) is 1. The summed E-state index contributed by atoms with van der Waals surface area (Å²) in [5.74, 6) is -1.08. The number of rotatable bonds is 7. The molecule has 8 heteroatoms. The van der Waals surface area contributed by atoms with Crippen molar-refractivity contribution in [3.8, 4) is 5.75 Å². The Labute approximate surface area is 167 Å². The lowest BCUT2D eigenvalue weighted by molar-refractivity contribution is -0.123. The third-order valence-electron chi connectivity index (χ3n) is 4.87. The van der Waals surface area contributed by atoms with Crippen molar-refractivity contribution in [2.75, 3.05) is 18.4 Å². The highest BCUT2D eigenvalue weighted by Gasteiger charge is 2.23. The van der Waals surface area contributed by atoms with Gasteiger partial charge in [0.2, 0.25) is 5.91 Å². The highest BCUT2D eigenvalue weighted by atomic mass is 19.3. The molecule has 1 heterocycles. The van der Waals surface area contributed by atoms with Crippen molar-refractivity contribution in [1.82, 2.24) is 4.90 Å². The first-order chi connectivity index (χ1) is 13.9. The monoisotopic (exact) mass is 403 g/mol. The predicted octanol–water partition coefficient (Wildman–Crippen LogP) is 3.24. The number of carbonyl (C=O) groups excluding carboxylic acids is 2. The molecular weight excluding hydrogens is 380 g/mol. The number of amides is 2. The van der Waals surface area contributed by atoms with Crippen molar-refractivity contribution in [2.45, 2.75) is 26.0 Å². The first kappa shape index (κ1) is 20.7. The standard InChI is InChI=1S/C21H23F2N3O3/c22-21(23)29-18-6-2-1-5-17(18)20(28)25-16-9-7-14(8-10-16)12-26-11-3-4-15(13-26)19(24)27/h1-2,5-10,15,21H,3-4,11-13H2,(H2,24,27)(H,25,28). The molecule has 154 valence electrons. The molecule has 3 N–H and O–H groups in total. The van der Waals surface area contributed by atoms with Crippen LogP contribution >= 0.6 is 0 Å². The number of piperidine rings is 1. The van der Waals surface area contributed by atoms with E-state index in [1.54, 1.807) is 18.2 Å². The van der Waals surface area contributed by atoms with E-state index in [1.165, 1.54) is 18.2 Å². The number of anilines is 1. The van der Waals surface area contributed by atoms with Crippen LogP contribution in [-0.4, -0.2) is 36.4 Å². The zero-order chi connectivity index (χ0) is 20.8. The van der Waals surface area contributed by atoms with Gasteiger partial charge < -0.3 is 15.8 Å². The van der Waals surface area contributed by atoms with E-state index in [2.05, 4.69) is 15.0 Å². The molecule has 29 heavy (non-hydrogen) atoms. The fourth-order valence-electron chi connectivity index (χ4n) is 3.43. The molecule has 1 aliphatic rings. The molecule has 1 atom stereocenters. The molecule has 1 fully saturated rings. The number of nitrogens with zero attached hydrogens (tertiary/aromatic N) is 1. The smallest absolute Gasteiger partial charge is 0.387 e. The lowest BCUT2D eigenvalue weighted by atomic mass is 9.97. The van der Waals surface area contributed by atoms with Crippen LogP contribution in [0.2, 0.25) is 0 Å². The number of carbonyl (C=O) groups is 2. The van der Waals surface area contributed by atoms with Gasteiger partial charge in [-0.1, -0.05) is 24.3 Å². The third kappa shape index (κ3) is 5.74. The summed E-state index contributed by atoms with van der Waals surface area (Å²) >= 11 is 0. The van der Waals surface area contributed by atoms with Crippen LogP contribution in [0.25, 0.3) is 0 Å². The van der Waals surface area contributed by atoms with E-state index in [-0.39, 0.29) is 23.1 Å². The number of alkyl halides is 2. The van der Waals surface area contributed by atoms with Gasteiger partial charge in [-0.3, -0.25) is 14.5 Å². The molecule has 0 aromatic heterocycles. The second-order valence-corrected chi connectivity index (χ2v) is 7.00. The summed E-state index contributed by atoms with van der Waals surface area (Å²) in [5.41, 5.74) is 7.03. The maximum absolute atomic E-state index is 12.5. The Balaban J connectivity index is 1.61. The minimum Gasteiger partial charge on any atom is -0.434 e.